The Hall–Kier alpha value is -2.74. The van der Waals surface area contributed by atoms with Crippen LogP contribution >= 0.6 is 0 Å². The molecule has 0 radical (unpaired) electrons. The van der Waals surface area contributed by atoms with Gasteiger partial charge in [-0.25, -0.2) is 4.79 Å². The van der Waals surface area contributed by atoms with Gasteiger partial charge in [-0.05, 0) is 26.0 Å². The zero-order valence-corrected chi connectivity index (χ0v) is 13.2. The Morgan fingerprint density at radius 2 is 1.92 bits per heavy atom. The number of nitrogens with zero attached hydrogens (tertiary/aromatic N) is 2. The fourth-order valence-electron chi connectivity index (χ4n) is 2.89. The number of fused-ring (bicyclic) bond motifs is 1. The van der Waals surface area contributed by atoms with Gasteiger partial charge in [0.2, 0.25) is 0 Å². The summed E-state index contributed by atoms with van der Waals surface area (Å²) >= 11 is 0. The van der Waals surface area contributed by atoms with E-state index in [4.69, 9.17) is 9.15 Å². The number of ether oxygens (including phenoxy) is 1. The van der Waals surface area contributed by atoms with Crippen LogP contribution in [0.25, 0.3) is 11.0 Å². The van der Waals surface area contributed by atoms with Crippen LogP contribution in [0.5, 0.6) is 0 Å². The molecule has 8 heteroatoms. The number of non-ortho nitro benzene ring substituents is 1. The van der Waals surface area contributed by atoms with E-state index in [1.807, 2.05) is 13.8 Å². The summed E-state index contributed by atoms with van der Waals surface area (Å²) in [5.74, 6) is -0.459. The molecule has 2 heterocycles. The van der Waals surface area contributed by atoms with Crippen LogP contribution in [0.15, 0.2) is 33.5 Å². The van der Waals surface area contributed by atoms with Gasteiger partial charge in [-0.1, -0.05) is 0 Å². The number of hydrogen-bond acceptors (Lipinski definition) is 6. The van der Waals surface area contributed by atoms with E-state index in [2.05, 4.69) is 0 Å². The van der Waals surface area contributed by atoms with E-state index in [-0.39, 0.29) is 29.0 Å². The second-order valence-corrected chi connectivity index (χ2v) is 5.89. The first-order valence-electron chi connectivity index (χ1n) is 7.52. The number of rotatable bonds is 2. The highest BCUT2D eigenvalue weighted by molar-refractivity contribution is 5.97. The molecule has 1 aromatic carbocycles. The normalized spacial score (nSPS) is 21.0. The minimum absolute atomic E-state index is 0.133. The largest absolute Gasteiger partial charge is 0.422 e. The third-order valence-corrected chi connectivity index (χ3v) is 3.86. The molecule has 2 atom stereocenters. The number of benzene rings is 1. The van der Waals surface area contributed by atoms with Crippen molar-refractivity contribution in [3.05, 3.63) is 50.4 Å². The van der Waals surface area contributed by atoms with Crippen molar-refractivity contribution in [2.75, 3.05) is 13.1 Å². The zero-order chi connectivity index (χ0) is 17.4. The van der Waals surface area contributed by atoms with Gasteiger partial charge in [0.05, 0.1) is 17.1 Å². The van der Waals surface area contributed by atoms with E-state index in [1.165, 1.54) is 29.2 Å². The lowest BCUT2D eigenvalue weighted by atomic mass is 10.1. The monoisotopic (exact) mass is 332 g/mol. The van der Waals surface area contributed by atoms with Crippen LogP contribution in [0.3, 0.4) is 0 Å². The zero-order valence-electron chi connectivity index (χ0n) is 13.2. The van der Waals surface area contributed by atoms with Crippen molar-refractivity contribution in [3.63, 3.8) is 0 Å². The van der Waals surface area contributed by atoms with Gasteiger partial charge < -0.3 is 14.1 Å². The highest BCUT2D eigenvalue weighted by Gasteiger charge is 2.28. The Morgan fingerprint density at radius 3 is 2.54 bits per heavy atom. The smallest absolute Gasteiger partial charge is 0.349 e. The molecule has 1 aliphatic heterocycles. The summed E-state index contributed by atoms with van der Waals surface area (Å²) in [6, 6.07) is 5.22. The molecule has 1 amide bonds. The van der Waals surface area contributed by atoms with Gasteiger partial charge in [-0.2, -0.15) is 0 Å². The maximum Gasteiger partial charge on any atom is 0.349 e. The van der Waals surface area contributed by atoms with Gasteiger partial charge in [0.15, 0.2) is 0 Å². The number of nitro groups is 1. The van der Waals surface area contributed by atoms with Crippen LogP contribution in [-0.2, 0) is 4.74 Å². The molecule has 0 spiro atoms. The fourth-order valence-corrected chi connectivity index (χ4v) is 2.89. The number of carbonyl (C=O) groups excluding carboxylic acids is 1. The van der Waals surface area contributed by atoms with Gasteiger partial charge in [0, 0.05) is 30.6 Å². The molecule has 3 rings (SSSR count). The molecular formula is C16H16N2O6. The average molecular weight is 332 g/mol. The van der Waals surface area contributed by atoms with Gasteiger partial charge in [-0.3, -0.25) is 14.9 Å². The molecule has 8 nitrogen and oxygen atoms in total. The molecule has 2 aromatic rings. The summed E-state index contributed by atoms with van der Waals surface area (Å²) in [7, 11) is 0. The topological polar surface area (TPSA) is 103 Å². The third-order valence-electron chi connectivity index (χ3n) is 3.86. The summed E-state index contributed by atoms with van der Waals surface area (Å²) in [5, 5.41) is 11.2. The lowest BCUT2D eigenvalue weighted by Crippen LogP contribution is -2.49. The standard InChI is InChI=1S/C16H16N2O6/c1-9-7-17(8-10(2)23-9)15(19)13-6-11-5-12(18(21)22)3-4-14(11)24-16(13)20/h3-6,9-10H,7-8H2,1-2H3/t9-,10+. The lowest BCUT2D eigenvalue weighted by Gasteiger charge is -2.35. The molecule has 0 aliphatic carbocycles. The Labute approximate surface area is 136 Å². The number of hydrogen-bond donors (Lipinski definition) is 0. The van der Waals surface area contributed by atoms with E-state index in [1.54, 1.807) is 0 Å². The number of carbonyl (C=O) groups is 1. The Kier molecular flexibility index (Phi) is 4.06. The van der Waals surface area contributed by atoms with Crippen molar-refractivity contribution in [1.29, 1.82) is 0 Å². The fraction of sp³-hybridized carbons (Fsp3) is 0.375. The molecule has 0 saturated carbocycles. The molecule has 0 unspecified atom stereocenters. The van der Waals surface area contributed by atoms with Crippen LogP contribution < -0.4 is 5.63 Å². The second kappa shape index (κ2) is 6.04. The second-order valence-electron chi connectivity index (χ2n) is 5.89. The van der Waals surface area contributed by atoms with E-state index in [0.717, 1.165) is 0 Å². The first kappa shape index (κ1) is 16.1. The van der Waals surface area contributed by atoms with E-state index >= 15 is 0 Å². The highest BCUT2D eigenvalue weighted by Crippen LogP contribution is 2.21. The van der Waals surface area contributed by atoms with Gasteiger partial charge >= 0.3 is 5.63 Å². The average Bonchev–Trinajstić information content (AvgIpc) is 2.52. The highest BCUT2D eigenvalue weighted by atomic mass is 16.6. The van der Waals surface area contributed by atoms with E-state index < -0.39 is 16.5 Å². The molecule has 0 bridgehead atoms. The van der Waals surface area contributed by atoms with Crippen LogP contribution in [0.4, 0.5) is 5.69 Å². The minimum atomic E-state index is -0.756. The molecule has 1 aromatic heterocycles. The van der Waals surface area contributed by atoms with Crippen molar-refractivity contribution < 1.29 is 18.9 Å². The first-order chi connectivity index (χ1) is 11.3. The van der Waals surface area contributed by atoms with Crippen molar-refractivity contribution in [3.8, 4) is 0 Å². The van der Waals surface area contributed by atoms with Crippen LogP contribution in [0.1, 0.15) is 24.2 Å². The SMILES string of the molecule is C[C@@H]1CN(C(=O)c2cc3cc([N+](=O)[O-])ccc3oc2=O)C[C@H](C)O1. The quantitative estimate of drug-likeness (QED) is 0.473. The molecule has 126 valence electrons. The van der Waals surface area contributed by atoms with Crippen molar-refractivity contribution in [2.45, 2.75) is 26.1 Å². The summed E-state index contributed by atoms with van der Waals surface area (Å²) in [6.07, 6.45) is -0.266. The van der Waals surface area contributed by atoms with Gasteiger partial charge in [0.1, 0.15) is 11.1 Å². The van der Waals surface area contributed by atoms with E-state index in [0.29, 0.717) is 18.5 Å². The van der Waals surface area contributed by atoms with Crippen LogP contribution in [-0.4, -0.2) is 41.0 Å². The summed E-state index contributed by atoms with van der Waals surface area (Å²) < 4.78 is 10.7. The maximum absolute atomic E-state index is 12.7. The molecule has 24 heavy (non-hydrogen) atoms. The van der Waals surface area contributed by atoms with Gasteiger partial charge in [0.25, 0.3) is 11.6 Å². The predicted molar refractivity (Wildman–Crippen MR) is 85.1 cm³/mol. The Bertz CT molecular complexity index is 864. The van der Waals surface area contributed by atoms with Crippen molar-refractivity contribution >= 4 is 22.6 Å². The van der Waals surface area contributed by atoms with Crippen molar-refractivity contribution in [2.24, 2.45) is 0 Å². The molecule has 1 saturated heterocycles. The predicted octanol–water partition coefficient (Wildman–Crippen LogP) is 1.95. The lowest BCUT2D eigenvalue weighted by molar-refractivity contribution is -0.384. The maximum atomic E-state index is 12.7. The van der Waals surface area contributed by atoms with Crippen molar-refractivity contribution in [1.82, 2.24) is 4.90 Å². The van der Waals surface area contributed by atoms with Gasteiger partial charge in [-0.15, -0.1) is 0 Å². The molecular weight excluding hydrogens is 316 g/mol. The molecule has 1 aliphatic rings. The molecule has 0 N–H and O–H groups in total. The van der Waals surface area contributed by atoms with Crippen LogP contribution in [0.2, 0.25) is 0 Å². The summed E-state index contributed by atoms with van der Waals surface area (Å²) in [5.41, 5.74) is -0.827. The Morgan fingerprint density at radius 1 is 1.25 bits per heavy atom. The Balaban J connectivity index is 2.01. The molecule has 1 fully saturated rings. The summed E-state index contributed by atoms with van der Waals surface area (Å²) in [4.78, 5) is 36.6. The summed E-state index contributed by atoms with van der Waals surface area (Å²) in [6.45, 7) is 4.44. The van der Waals surface area contributed by atoms with E-state index in [9.17, 15) is 19.7 Å². The van der Waals surface area contributed by atoms with Crippen LogP contribution in [0, 0.1) is 10.1 Å². The minimum Gasteiger partial charge on any atom is -0.422 e. The number of nitro benzene ring substituents is 1. The third kappa shape index (κ3) is 3.00. The number of morpholine rings is 1. The first-order valence-corrected chi connectivity index (χ1v) is 7.52. The number of amides is 1.